The Balaban J connectivity index is 0. The summed E-state index contributed by atoms with van der Waals surface area (Å²) in [4.78, 5) is 0. The lowest BCUT2D eigenvalue weighted by molar-refractivity contribution is 0.412. The second kappa shape index (κ2) is 8.60. The molecule has 0 saturated carbocycles. The predicted molar refractivity (Wildman–Crippen MR) is 58.8 cm³/mol. The second-order valence-corrected chi connectivity index (χ2v) is 2.49. The highest BCUT2D eigenvalue weighted by molar-refractivity contribution is 9.10. The van der Waals surface area contributed by atoms with Crippen molar-refractivity contribution in [1.82, 2.24) is 0 Å². The highest BCUT2D eigenvalue weighted by Gasteiger charge is 1.92. The van der Waals surface area contributed by atoms with Gasteiger partial charge in [0.1, 0.15) is 5.75 Å². The summed E-state index contributed by atoms with van der Waals surface area (Å²) < 4.78 is 5.99. The molecule has 70 valence electrons. The molecule has 0 bridgehead atoms. The van der Waals surface area contributed by atoms with Crippen LogP contribution in [0.2, 0.25) is 0 Å². The predicted octanol–water partition coefficient (Wildman–Crippen LogP) is 4.12. The van der Waals surface area contributed by atoms with Crippen molar-refractivity contribution in [3.05, 3.63) is 28.7 Å². The van der Waals surface area contributed by atoms with Crippen LogP contribution in [-0.4, -0.2) is 7.11 Å². The van der Waals surface area contributed by atoms with Crippen LogP contribution in [0, 0.1) is 0 Å². The number of para-hydroxylation sites is 1. The molecule has 0 unspecified atom stereocenters. The molecule has 1 nitrogen and oxygen atoms in total. The minimum absolute atomic E-state index is 0. The van der Waals surface area contributed by atoms with Crippen molar-refractivity contribution < 1.29 is 4.74 Å². The van der Waals surface area contributed by atoms with E-state index in [0.29, 0.717) is 0 Å². The van der Waals surface area contributed by atoms with Gasteiger partial charge in [0.05, 0.1) is 11.6 Å². The summed E-state index contributed by atoms with van der Waals surface area (Å²) in [5.74, 6) is 0.873. The Morgan fingerprint density at radius 1 is 1.17 bits per heavy atom. The Morgan fingerprint density at radius 3 is 2.00 bits per heavy atom. The molecule has 2 heteroatoms. The maximum absolute atomic E-state index is 5.00. The van der Waals surface area contributed by atoms with Crippen LogP contribution in [0.15, 0.2) is 28.7 Å². The molecule has 1 aromatic carbocycles. The van der Waals surface area contributed by atoms with Crippen LogP contribution in [0.25, 0.3) is 0 Å². The fourth-order valence-electron chi connectivity index (χ4n) is 0.610. The fourth-order valence-corrected chi connectivity index (χ4v) is 1.06. The van der Waals surface area contributed by atoms with Gasteiger partial charge in [0, 0.05) is 0 Å². The maximum Gasteiger partial charge on any atom is 0.133 e. The first-order valence-corrected chi connectivity index (χ1v) is 4.42. The Kier molecular flexibility index (Phi) is 10.1. The van der Waals surface area contributed by atoms with Gasteiger partial charge in [-0.3, -0.25) is 0 Å². The highest BCUT2D eigenvalue weighted by atomic mass is 79.9. The van der Waals surface area contributed by atoms with Crippen LogP contribution >= 0.6 is 15.9 Å². The van der Waals surface area contributed by atoms with E-state index in [9.17, 15) is 0 Å². The van der Waals surface area contributed by atoms with Crippen molar-refractivity contribution in [2.75, 3.05) is 7.11 Å². The first-order chi connectivity index (χ1) is 5.34. The summed E-state index contributed by atoms with van der Waals surface area (Å²) in [7, 11) is 1.65. The van der Waals surface area contributed by atoms with Gasteiger partial charge in [-0.1, -0.05) is 33.4 Å². The van der Waals surface area contributed by atoms with Gasteiger partial charge in [0.25, 0.3) is 0 Å². The first-order valence-electron chi connectivity index (χ1n) is 3.63. The molecule has 0 amide bonds. The first kappa shape index (κ1) is 14.0. The average molecular weight is 233 g/mol. The number of methoxy groups -OCH3 is 1. The van der Waals surface area contributed by atoms with Crippen molar-refractivity contribution in [3.63, 3.8) is 0 Å². The number of hydrogen-bond acceptors (Lipinski definition) is 1. The van der Waals surface area contributed by atoms with Crippen molar-refractivity contribution in [1.29, 1.82) is 0 Å². The molecule has 0 fully saturated rings. The lowest BCUT2D eigenvalue weighted by Crippen LogP contribution is -1.81. The molecular formula is C10H17BrO. The molecule has 0 N–H and O–H groups in total. The van der Waals surface area contributed by atoms with Crippen molar-refractivity contribution >= 4 is 15.9 Å². The fraction of sp³-hybridized carbons (Fsp3) is 0.400. The Hall–Kier alpha value is -0.500. The van der Waals surface area contributed by atoms with Crippen molar-refractivity contribution in [3.8, 4) is 5.75 Å². The quantitative estimate of drug-likeness (QED) is 0.708. The van der Waals surface area contributed by atoms with Crippen molar-refractivity contribution in [2.24, 2.45) is 0 Å². The summed E-state index contributed by atoms with van der Waals surface area (Å²) in [6, 6.07) is 7.74. The molecule has 0 saturated heterocycles. The molecule has 0 heterocycles. The van der Waals surface area contributed by atoms with E-state index in [4.69, 9.17) is 4.74 Å². The van der Waals surface area contributed by atoms with Gasteiger partial charge in [0.15, 0.2) is 0 Å². The molecule has 0 spiro atoms. The zero-order valence-corrected chi connectivity index (χ0v) is 8.68. The van der Waals surface area contributed by atoms with E-state index in [1.54, 1.807) is 7.11 Å². The minimum atomic E-state index is 0. The van der Waals surface area contributed by atoms with E-state index in [-0.39, 0.29) is 7.43 Å². The Labute approximate surface area is 83.9 Å². The third-order valence-corrected chi connectivity index (χ3v) is 1.71. The molecule has 1 rings (SSSR count). The van der Waals surface area contributed by atoms with Gasteiger partial charge in [-0.05, 0) is 28.1 Å². The van der Waals surface area contributed by atoms with Crippen LogP contribution in [0.4, 0.5) is 0 Å². The zero-order chi connectivity index (χ0) is 8.69. The topological polar surface area (TPSA) is 9.23 Å². The molecule has 0 atom stereocenters. The van der Waals surface area contributed by atoms with Crippen LogP contribution < -0.4 is 4.74 Å². The summed E-state index contributed by atoms with van der Waals surface area (Å²) in [5.41, 5.74) is 0. The van der Waals surface area contributed by atoms with Gasteiger partial charge >= 0.3 is 0 Å². The lowest BCUT2D eigenvalue weighted by atomic mass is 10.3. The molecule has 0 aromatic heterocycles. The van der Waals surface area contributed by atoms with Crippen molar-refractivity contribution in [2.45, 2.75) is 21.3 Å². The molecular weight excluding hydrogens is 216 g/mol. The lowest BCUT2D eigenvalue weighted by Gasteiger charge is -1.99. The van der Waals surface area contributed by atoms with Crippen LogP contribution in [0.3, 0.4) is 0 Å². The Morgan fingerprint density at radius 2 is 1.67 bits per heavy atom. The average Bonchev–Trinajstić information content (AvgIpc) is 2.09. The van der Waals surface area contributed by atoms with E-state index >= 15 is 0 Å². The van der Waals surface area contributed by atoms with E-state index in [1.807, 2.05) is 38.1 Å². The van der Waals surface area contributed by atoms with E-state index in [0.717, 1.165) is 10.2 Å². The SMILES string of the molecule is C.CC.COc1ccccc1Br. The molecule has 12 heavy (non-hydrogen) atoms. The molecule has 0 aliphatic rings. The number of halogens is 1. The second-order valence-electron chi connectivity index (χ2n) is 1.63. The van der Waals surface area contributed by atoms with Gasteiger partial charge < -0.3 is 4.74 Å². The summed E-state index contributed by atoms with van der Waals surface area (Å²) in [6.07, 6.45) is 0. The number of hydrogen-bond donors (Lipinski definition) is 0. The highest BCUT2D eigenvalue weighted by Crippen LogP contribution is 2.22. The molecule has 1 aromatic rings. The smallest absolute Gasteiger partial charge is 0.133 e. The van der Waals surface area contributed by atoms with Gasteiger partial charge in [-0.25, -0.2) is 0 Å². The molecule has 0 aliphatic carbocycles. The summed E-state index contributed by atoms with van der Waals surface area (Å²) >= 11 is 3.33. The maximum atomic E-state index is 5.00. The third kappa shape index (κ3) is 4.39. The summed E-state index contributed by atoms with van der Waals surface area (Å²) in [5, 5.41) is 0. The molecule has 0 radical (unpaired) electrons. The van der Waals surface area contributed by atoms with Crippen LogP contribution in [0.1, 0.15) is 21.3 Å². The van der Waals surface area contributed by atoms with Gasteiger partial charge in [0.2, 0.25) is 0 Å². The van der Waals surface area contributed by atoms with Crippen LogP contribution in [0.5, 0.6) is 5.75 Å². The van der Waals surface area contributed by atoms with Crippen LogP contribution in [-0.2, 0) is 0 Å². The number of benzene rings is 1. The van der Waals surface area contributed by atoms with E-state index < -0.39 is 0 Å². The zero-order valence-electron chi connectivity index (χ0n) is 7.10. The number of rotatable bonds is 1. The van der Waals surface area contributed by atoms with E-state index in [1.165, 1.54) is 0 Å². The van der Waals surface area contributed by atoms with Gasteiger partial charge in [-0.15, -0.1) is 0 Å². The monoisotopic (exact) mass is 232 g/mol. The summed E-state index contributed by atoms with van der Waals surface area (Å²) in [6.45, 7) is 4.00. The molecule has 0 aliphatic heterocycles. The normalized spacial score (nSPS) is 7.33. The minimum Gasteiger partial charge on any atom is -0.496 e. The standard InChI is InChI=1S/C7H7BrO.C2H6.CH4/c1-9-7-5-3-2-4-6(7)8;1-2;/h2-5H,1H3;1-2H3;1H4. The van der Waals surface area contributed by atoms with Gasteiger partial charge in [-0.2, -0.15) is 0 Å². The number of ether oxygens (including phenoxy) is 1. The largest absolute Gasteiger partial charge is 0.496 e. The van der Waals surface area contributed by atoms with E-state index in [2.05, 4.69) is 15.9 Å². The Bertz CT molecular complexity index is 199. The third-order valence-electron chi connectivity index (χ3n) is 1.06.